The van der Waals surface area contributed by atoms with E-state index in [1.54, 1.807) is 0 Å². The Morgan fingerprint density at radius 3 is 2.83 bits per heavy atom. The predicted molar refractivity (Wildman–Crippen MR) is 96.6 cm³/mol. The van der Waals surface area contributed by atoms with Crippen LogP contribution in [0.15, 0.2) is 4.99 Å². The number of nitrogens with one attached hydrogen (secondary N) is 1. The molecule has 2 atom stereocenters. The summed E-state index contributed by atoms with van der Waals surface area (Å²) in [5.41, 5.74) is 0. The average Bonchev–Trinajstić information content (AvgIpc) is 3.34. The maximum atomic E-state index is 5.72. The Hall–Kier alpha value is -0.850. The first-order valence-electron chi connectivity index (χ1n) is 9.83. The fourth-order valence-corrected chi connectivity index (χ4v) is 3.97. The first-order chi connectivity index (χ1) is 11.9. The molecule has 3 rings (SSSR count). The van der Waals surface area contributed by atoms with Crippen molar-refractivity contribution in [1.29, 1.82) is 0 Å². The first kappa shape index (κ1) is 18.0. The van der Waals surface area contributed by atoms with E-state index < -0.39 is 0 Å². The van der Waals surface area contributed by atoms with Crippen LogP contribution in [0.4, 0.5) is 0 Å². The van der Waals surface area contributed by atoms with Gasteiger partial charge in [0.15, 0.2) is 5.96 Å². The molecule has 6 nitrogen and oxygen atoms in total. The Balaban J connectivity index is 1.39. The summed E-state index contributed by atoms with van der Waals surface area (Å²) >= 11 is 0. The monoisotopic (exact) mass is 338 g/mol. The van der Waals surface area contributed by atoms with Crippen molar-refractivity contribution in [3.05, 3.63) is 0 Å². The zero-order valence-corrected chi connectivity index (χ0v) is 15.2. The molecule has 2 unspecified atom stereocenters. The summed E-state index contributed by atoms with van der Waals surface area (Å²) < 4.78 is 11.3. The van der Waals surface area contributed by atoms with E-state index in [4.69, 9.17) is 14.5 Å². The summed E-state index contributed by atoms with van der Waals surface area (Å²) in [7, 11) is 0. The molecule has 0 aromatic heterocycles. The van der Waals surface area contributed by atoms with Crippen molar-refractivity contribution < 1.29 is 9.47 Å². The molecule has 3 fully saturated rings. The van der Waals surface area contributed by atoms with E-state index in [-0.39, 0.29) is 0 Å². The summed E-state index contributed by atoms with van der Waals surface area (Å²) in [5.74, 6) is 1.06. The minimum Gasteiger partial charge on any atom is -0.377 e. The van der Waals surface area contributed by atoms with Crippen LogP contribution in [0, 0.1) is 0 Å². The molecule has 3 aliphatic heterocycles. The van der Waals surface area contributed by atoms with Crippen LogP contribution >= 0.6 is 0 Å². The number of hydrogen-bond acceptors (Lipinski definition) is 4. The van der Waals surface area contributed by atoms with Crippen LogP contribution in [-0.2, 0) is 9.47 Å². The van der Waals surface area contributed by atoms with Gasteiger partial charge in [-0.2, -0.15) is 0 Å². The van der Waals surface area contributed by atoms with Crippen LogP contribution < -0.4 is 5.32 Å². The van der Waals surface area contributed by atoms with Crippen molar-refractivity contribution in [3.8, 4) is 0 Å². The summed E-state index contributed by atoms with van der Waals surface area (Å²) in [5, 5.41) is 3.44. The maximum Gasteiger partial charge on any atom is 0.194 e. The van der Waals surface area contributed by atoms with Gasteiger partial charge in [0.05, 0.1) is 25.9 Å². The van der Waals surface area contributed by atoms with Crippen LogP contribution in [0.2, 0.25) is 0 Å². The molecular weight excluding hydrogens is 304 g/mol. The third kappa shape index (κ3) is 5.07. The second-order valence-electron chi connectivity index (χ2n) is 7.08. The van der Waals surface area contributed by atoms with Crippen molar-refractivity contribution in [2.75, 3.05) is 59.1 Å². The molecule has 6 heteroatoms. The highest BCUT2D eigenvalue weighted by molar-refractivity contribution is 5.80. The highest BCUT2D eigenvalue weighted by atomic mass is 16.5. The average molecular weight is 338 g/mol. The molecule has 0 radical (unpaired) electrons. The molecule has 0 spiro atoms. The fraction of sp³-hybridized carbons (Fsp3) is 0.944. The lowest BCUT2D eigenvalue weighted by Crippen LogP contribution is -2.42. The van der Waals surface area contributed by atoms with Crippen LogP contribution in [0.1, 0.15) is 39.0 Å². The van der Waals surface area contributed by atoms with E-state index in [0.29, 0.717) is 25.4 Å². The molecule has 0 aromatic carbocycles. The van der Waals surface area contributed by atoms with E-state index in [1.807, 2.05) is 0 Å². The molecule has 138 valence electrons. The first-order valence-corrected chi connectivity index (χ1v) is 9.83. The zero-order chi connectivity index (χ0) is 16.6. The molecule has 0 saturated carbocycles. The third-order valence-electron chi connectivity index (χ3n) is 5.28. The zero-order valence-electron chi connectivity index (χ0n) is 15.2. The van der Waals surface area contributed by atoms with Gasteiger partial charge in [-0.25, -0.2) is 0 Å². The number of likely N-dealkylation sites (tertiary alicyclic amines) is 2. The number of nitrogens with zero attached hydrogens (tertiary/aromatic N) is 3. The quantitative estimate of drug-likeness (QED) is 0.431. The molecule has 0 amide bonds. The van der Waals surface area contributed by atoms with Gasteiger partial charge in [0, 0.05) is 32.3 Å². The highest BCUT2D eigenvalue weighted by Crippen LogP contribution is 2.20. The Morgan fingerprint density at radius 2 is 2.08 bits per heavy atom. The van der Waals surface area contributed by atoms with Gasteiger partial charge in [-0.1, -0.05) is 0 Å². The van der Waals surface area contributed by atoms with Gasteiger partial charge >= 0.3 is 0 Å². The summed E-state index contributed by atoms with van der Waals surface area (Å²) in [6.45, 7) is 10.9. The Kier molecular flexibility index (Phi) is 7.17. The van der Waals surface area contributed by atoms with Crippen LogP contribution in [0.3, 0.4) is 0 Å². The number of ether oxygens (including phenoxy) is 2. The van der Waals surface area contributed by atoms with Gasteiger partial charge in [0.25, 0.3) is 0 Å². The second-order valence-corrected chi connectivity index (χ2v) is 7.08. The molecule has 0 bridgehead atoms. The van der Waals surface area contributed by atoms with E-state index in [0.717, 1.165) is 45.2 Å². The van der Waals surface area contributed by atoms with Gasteiger partial charge in [-0.3, -0.25) is 9.89 Å². The second kappa shape index (κ2) is 9.59. The Morgan fingerprint density at radius 1 is 1.21 bits per heavy atom. The smallest absolute Gasteiger partial charge is 0.194 e. The summed E-state index contributed by atoms with van der Waals surface area (Å²) in [4.78, 5) is 9.85. The normalized spacial score (nSPS) is 28.9. The van der Waals surface area contributed by atoms with E-state index in [2.05, 4.69) is 22.0 Å². The van der Waals surface area contributed by atoms with Crippen LogP contribution in [0.5, 0.6) is 0 Å². The van der Waals surface area contributed by atoms with Gasteiger partial charge < -0.3 is 19.7 Å². The maximum absolute atomic E-state index is 5.72. The van der Waals surface area contributed by atoms with E-state index >= 15 is 0 Å². The van der Waals surface area contributed by atoms with Gasteiger partial charge in [-0.05, 0) is 52.1 Å². The molecule has 3 saturated heterocycles. The molecule has 24 heavy (non-hydrogen) atoms. The van der Waals surface area contributed by atoms with Crippen LogP contribution in [-0.4, -0.2) is 87.0 Å². The molecule has 3 aliphatic rings. The van der Waals surface area contributed by atoms with E-state index in [1.165, 1.54) is 38.8 Å². The lowest BCUT2D eigenvalue weighted by Gasteiger charge is -2.25. The lowest BCUT2D eigenvalue weighted by atomic mass is 10.2. The van der Waals surface area contributed by atoms with E-state index in [9.17, 15) is 0 Å². The topological polar surface area (TPSA) is 49.3 Å². The number of rotatable bonds is 7. The Labute approximate surface area is 146 Å². The minimum atomic E-state index is 0.307. The SMILES string of the molecule is CCNC(=NCCOCC1CCCO1)N1CCC(N2CCCC2)C1. The molecule has 0 aliphatic carbocycles. The van der Waals surface area contributed by atoms with Crippen molar-refractivity contribution in [2.45, 2.75) is 51.2 Å². The molecular formula is C18H34N4O2. The molecule has 0 aromatic rings. The molecule has 1 N–H and O–H groups in total. The summed E-state index contributed by atoms with van der Waals surface area (Å²) in [6, 6.07) is 0.715. The van der Waals surface area contributed by atoms with Gasteiger partial charge in [0.1, 0.15) is 0 Å². The van der Waals surface area contributed by atoms with Crippen molar-refractivity contribution >= 4 is 5.96 Å². The third-order valence-corrected chi connectivity index (χ3v) is 5.28. The van der Waals surface area contributed by atoms with Gasteiger partial charge in [-0.15, -0.1) is 0 Å². The minimum absolute atomic E-state index is 0.307. The largest absolute Gasteiger partial charge is 0.377 e. The lowest BCUT2D eigenvalue weighted by molar-refractivity contribution is 0.0199. The number of aliphatic imine (C=N–C) groups is 1. The van der Waals surface area contributed by atoms with Crippen molar-refractivity contribution in [1.82, 2.24) is 15.1 Å². The fourth-order valence-electron chi connectivity index (χ4n) is 3.97. The highest BCUT2D eigenvalue weighted by Gasteiger charge is 2.30. The summed E-state index contributed by atoms with van der Waals surface area (Å²) in [6.07, 6.45) is 6.61. The van der Waals surface area contributed by atoms with Crippen LogP contribution in [0.25, 0.3) is 0 Å². The number of guanidine groups is 1. The van der Waals surface area contributed by atoms with Gasteiger partial charge in [0.2, 0.25) is 0 Å². The molecule has 3 heterocycles. The predicted octanol–water partition coefficient (Wildman–Crippen LogP) is 1.32. The van der Waals surface area contributed by atoms with Crippen molar-refractivity contribution in [3.63, 3.8) is 0 Å². The van der Waals surface area contributed by atoms with Crippen molar-refractivity contribution in [2.24, 2.45) is 4.99 Å². The Bertz CT molecular complexity index is 392. The number of hydrogen-bond donors (Lipinski definition) is 1. The standard InChI is InChI=1S/C18H34N4O2/c1-2-19-18(20-8-13-23-15-17-6-5-12-24-17)22-11-7-16(14-22)21-9-3-4-10-21/h16-17H,2-15H2,1H3,(H,19,20).